The Hall–Kier alpha value is -3.89. The van der Waals surface area contributed by atoms with E-state index >= 15 is 0 Å². The highest BCUT2D eigenvalue weighted by atomic mass is 19.1. The molecule has 1 unspecified atom stereocenters. The number of halogens is 1. The Morgan fingerprint density at radius 2 is 2.03 bits per heavy atom. The molecule has 2 aliphatic rings. The average molecular weight is 483 g/mol. The van der Waals surface area contributed by atoms with Crippen LogP contribution < -0.4 is 19.7 Å². The number of aromatic nitrogens is 3. The van der Waals surface area contributed by atoms with Gasteiger partial charge in [0.25, 0.3) is 11.8 Å². The van der Waals surface area contributed by atoms with Crippen LogP contribution in [0.5, 0.6) is 11.6 Å². The molecule has 1 atom stereocenters. The van der Waals surface area contributed by atoms with Crippen molar-refractivity contribution in [2.45, 2.75) is 25.3 Å². The molecule has 184 valence electrons. The Kier molecular flexibility index (Phi) is 6.14. The zero-order valence-electron chi connectivity index (χ0n) is 19.7. The number of methoxy groups -OCH3 is 1. The summed E-state index contributed by atoms with van der Waals surface area (Å²) in [5.74, 6) is 0.0760. The van der Waals surface area contributed by atoms with Crippen LogP contribution in [-0.2, 0) is 4.79 Å². The van der Waals surface area contributed by atoms with Crippen LogP contribution in [0.15, 0.2) is 30.3 Å². The van der Waals surface area contributed by atoms with Crippen LogP contribution in [0, 0.1) is 5.82 Å². The largest absolute Gasteiger partial charge is 0.483 e. The Morgan fingerprint density at radius 1 is 1.17 bits per heavy atom. The van der Waals surface area contributed by atoms with Gasteiger partial charge in [-0.25, -0.2) is 4.39 Å². The van der Waals surface area contributed by atoms with Crippen LogP contribution in [0.2, 0.25) is 0 Å². The fourth-order valence-corrected chi connectivity index (χ4v) is 4.60. The predicted octanol–water partition coefficient (Wildman–Crippen LogP) is 2.19. The number of anilines is 1. The molecule has 1 saturated heterocycles. The van der Waals surface area contributed by atoms with Crippen molar-refractivity contribution in [2.75, 3.05) is 45.3 Å². The average Bonchev–Trinajstić information content (AvgIpc) is 3.30. The molecule has 0 aliphatic carbocycles. The first-order chi connectivity index (χ1) is 16.9. The lowest BCUT2D eigenvalue weighted by Crippen LogP contribution is -2.39. The summed E-state index contributed by atoms with van der Waals surface area (Å²) in [7, 11) is 3.44. The van der Waals surface area contributed by atoms with Crippen LogP contribution >= 0.6 is 0 Å². The second kappa shape index (κ2) is 9.40. The second-order valence-corrected chi connectivity index (χ2v) is 8.71. The molecule has 0 spiro atoms. The van der Waals surface area contributed by atoms with Crippen LogP contribution in [-0.4, -0.2) is 71.7 Å². The van der Waals surface area contributed by atoms with Crippen LogP contribution in [0.25, 0.3) is 5.65 Å². The van der Waals surface area contributed by atoms with Crippen molar-refractivity contribution < 1.29 is 23.5 Å². The predicted molar refractivity (Wildman–Crippen MR) is 125 cm³/mol. The number of carbonyl (C=O) groups excluding carboxylic acids is 2. The fraction of sp³-hybridized carbons (Fsp3) is 0.417. The number of rotatable bonds is 1. The van der Waals surface area contributed by atoms with Crippen molar-refractivity contribution >= 4 is 23.3 Å². The molecule has 1 N–H and O–H groups in total. The maximum absolute atomic E-state index is 14.2. The molecular formula is C24H27FN6O4. The van der Waals surface area contributed by atoms with E-state index in [4.69, 9.17) is 14.6 Å². The van der Waals surface area contributed by atoms with Crippen molar-refractivity contribution in [2.24, 2.45) is 0 Å². The Labute approximate surface area is 201 Å². The molecule has 35 heavy (non-hydrogen) atoms. The maximum atomic E-state index is 14.2. The van der Waals surface area contributed by atoms with E-state index in [1.807, 2.05) is 18.0 Å². The van der Waals surface area contributed by atoms with E-state index in [1.165, 1.54) is 12.1 Å². The molecule has 4 heterocycles. The summed E-state index contributed by atoms with van der Waals surface area (Å²) in [5, 5.41) is 7.63. The molecule has 3 aromatic rings. The van der Waals surface area contributed by atoms with E-state index in [2.05, 4.69) is 10.3 Å². The third-order valence-electron chi connectivity index (χ3n) is 6.41. The number of piperidine rings is 1. The number of hydrogen-bond donors (Lipinski definition) is 1. The summed E-state index contributed by atoms with van der Waals surface area (Å²) in [5.41, 5.74) is 1.37. The highest BCUT2D eigenvalue weighted by Crippen LogP contribution is 2.34. The number of fused-ring (bicyclic) bond motifs is 4. The number of hydrogen-bond acceptors (Lipinski definition) is 7. The Balaban J connectivity index is 1.64. The van der Waals surface area contributed by atoms with E-state index in [-0.39, 0.29) is 35.8 Å². The van der Waals surface area contributed by atoms with E-state index in [1.54, 1.807) is 22.6 Å². The number of likely N-dealkylation sites (N-methyl/N-ethyl adjacent to an activating group) is 1. The zero-order valence-corrected chi connectivity index (χ0v) is 19.7. The first kappa shape index (κ1) is 22.9. The molecule has 11 heteroatoms. The molecule has 2 aromatic heterocycles. The van der Waals surface area contributed by atoms with Crippen molar-refractivity contribution in [3.63, 3.8) is 0 Å². The van der Waals surface area contributed by atoms with Gasteiger partial charge in [0.05, 0.1) is 24.4 Å². The lowest BCUT2D eigenvalue weighted by atomic mass is 9.98. The van der Waals surface area contributed by atoms with Gasteiger partial charge in [-0.1, -0.05) is 0 Å². The quantitative estimate of drug-likeness (QED) is 0.567. The topological polar surface area (TPSA) is 101 Å². The van der Waals surface area contributed by atoms with E-state index in [9.17, 15) is 14.0 Å². The van der Waals surface area contributed by atoms with E-state index < -0.39 is 5.82 Å². The molecule has 0 saturated carbocycles. The van der Waals surface area contributed by atoms with E-state index in [0.717, 1.165) is 24.7 Å². The summed E-state index contributed by atoms with van der Waals surface area (Å²) in [6, 6.07) is 7.09. The number of amides is 2. The van der Waals surface area contributed by atoms with Crippen LogP contribution in [0.4, 0.5) is 10.2 Å². The van der Waals surface area contributed by atoms with Gasteiger partial charge in [0.15, 0.2) is 12.3 Å². The molecule has 2 bridgehead atoms. The van der Waals surface area contributed by atoms with Gasteiger partial charge < -0.3 is 24.6 Å². The van der Waals surface area contributed by atoms with Crippen molar-refractivity contribution in [3.05, 3.63) is 47.4 Å². The first-order valence-electron chi connectivity index (χ1n) is 11.6. The third kappa shape index (κ3) is 4.45. The number of benzene rings is 1. The molecule has 10 nitrogen and oxygen atoms in total. The maximum Gasteiger partial charge on any atom is 0.258 e. The first-order valence-corrected chi connectivity index (χ1v) is 11.6. The van der Waals surface area contributed by atoms with Gasteiger partial charge >= 0.3 is 0 Å². The highest BCUT2D eigenvalue weighted by molar-refractivity contribution is 5.97. The number of nitrogens with one attached hydrogen (secondary N) is 1. The van der Waals surface area contributed by atoms with Crippen molar-refractivity contribution in [1.82, 2.24) is 24.8 Å². The van der Waals surface area contributed by atoms with E-state index in [0.29, 0.717) is 43.3 Å². The number of ether oxygens (including phenoxy) is 2. The molecule has 2 aliphatic heterocycles. The van der Waals surface area contributed by atoms with Gasteiger partial charge in [-0.3, -0.25) is 9.59 Å². The molecule has 1 fully saturated rings. The van der Waals surface area contributed by atoms with Crippen LogP contribution in [0.3, 0.4) is 0 Å². The fourth-order valence-electron chi connectivity index (χ4n) is 4.60. The summed E-state index contributed by atoms with van der Waals surface area (Å²) < 4.78 is 26.9. The lowest BCUT2D eigenvalue weighted by molar-refractivity contribution is -0.123. The van der Waals surface area contributed by atoms with Gasteiger partial charge in [-0.15, -0.1) is 0 Å². The SMILES string of the molecule is COc1cc2n3nc(cc3n1)C1CCCCN1C(=O)c1cc(F)ccc1OCC(=O)NCCN2C. The second-order valence-electron chi connectivity index (χ2n) is 8.71. The minimum absolute atomic E-state index is 0.0841. The molecular weight excluding hydrogens is 455 g/mol. The van der Waals surface area contributed by atoms with Gasteiger partial charge in [0, 0.05) is 38.8 Å². The van der Waals surface area contributed by atoms with Gasteiger partial charge in [0.1, 0.15) is 17.4 Å². The molecule has 0 radical (unpaired) electrons. The summed E-state index contributed by atoms with van der Waals surface area (Å²) in [6.07, 6.45) is 2.47. The normalized spacial score (nSPS) is 19.2. The zero-order chi connectivity index (χ0) is 24.5. The number of carbonyl (C=O) groups is 2. The smallest absolute Gasteiger partial charge is 0.258 e. The number of nitrogens with zero attached hydrogens (tertiary/aromatic N) is 5. The summed E-state index contributed by atoms with van der Waals surface area (Å²) in [4.78, 5) is 34.3. The molecule has 2 amide bonds. The van der Waals surface area contributed by atoms with Gasteiger partial charge in [-0.05, 0) is 37.5 Å². The lowest BCUT2D eigenvalue weighted by Gasteiger charge is -2.35. The summed E-state index contributed by atoms with van der Waals surface area (Å²) >= 11 is 0. The van der Waals surface area contributed by atoms with Crippen molar-refractivity contribution in [1.29, 1.82) is 0 Å². The van der Waals surface area contributed by atoms with Crippen LogP contribution in [0.1, 0.15) is 41.4 Å². The van der Waals surface area contributed by atoms with Gasteiger partial charge in [-0.2, -0.15) is 14.6 Å². The minimum Gasteiger partial charge on any atom is -0.483 e. The Morgan fingerprint density at radius 3 is 2.86 bits per heavy atom. The van der Waals surface area contributed by atoms with Crippen molar-refractivity contribution in [3.8, 4) is 11.6 Å². The Bertz CT molecular complexity index is 1280. The molecule has 1 aromatic carbocycles. The minimum atomic E-state index is -0.551. The third-order valence-corrected chi connectivity index (χ3v) is 6.41. The monoisotopic (exact) mass is 482 g/mol. The standard InChI is InChI=1S/C24H27FN6O4/c1-29-10-8-26-21(32)14-35-19-7-6-15(25)11-16(19)24(33)30-9-4-3-5-18(30)17-12-20-27-22(34-2)13-23(29)31(20)28-17/h6-7,11-13,18H,3-5,8-10,14H2,1-2H3,(H,26,32). The summed E-state index contributed by atoms with van der Waals surface area (Å²) in [6.45, 7) is 1.06. The van der Waals surface area contributed by atoms with Gasteiger partial charge in [0.2, 0.25) is 5.88 Å². The molecule has 5 rings (SSSR count). The highest BCUT2D eigenvalue weighted by Gasteiger charge is 2.33.